The fourth-order valence-electron chi connectivity index (χ4n) is 3.26. The van der Waals surface area contributed by atoms with Crippen molar-refractivity contribution >= 4 is 11.3 Å². The molecular formula is C22H20N2. The van der Waals surface area contributed by atoms with Gasteiger partial charge in [0, 0.05) is 5.69 Å². The molecule has 0 spiro atoms. The Labute approximate surface area is 142 Å². The maximum atomic E-state index is 3.63. The van der Waals surface area contributed by atoms with Crippen LogP contribution in [0.4, 0.5) is 5.69 Å². The van der Waals surface area contributed by atoms with E-state index in [-0.39, 0.29) is 0 Å². The predicted molar refractivity (Wildman–Crippen MR) is 98.5 cm³/mol. The van der Waals surface area contributed by atoms with Crippen LogP contribution in [0.1, 0.15) is 22.3 Å². The summed E-state index contributed by atoms with van der Waals surface area (Å²) in [4.78, 5) is 0. The monoisotopic (exact) mass is 312 g/mol. The first-order valence-electron chi connectivity index (χ1n) is 8.20. The number of aryl methyl sites for hydroxylation is 3. The summed E-state index contributed by atoms with van der Waals surface area (Å²) >= 11 is 0. The average Bonchev–Trinajstić information content (AvgIpc) is 2.99. The van der Waals surface area contributed by atoms with Crippen molar-refractivity contribution in [2.24, 2.45) is 7.05 Å². The summed E-state index contributed by atoms with van der Waals surface area (Å²) in [6.07, 6.45) is 5.73. The predicted octanol–water partition coefficient (Wildman–Crippen LogP) is 3.95. The molecule has 0 aliphatic carbocycles. The molecule has 3 aromatic rings. The number of nitrogens with zero attached hydrogens (tertiary/aromatic N) is 2. The van der Waals surface area contributed by atoms with Gasteiger partial charge in [0.15, 0.2) is 0 Å². The average molecular weight is 312 g/mol. The Balaban J connectivity index is 2.10. The Kier molecular flexibility index (Phi) is 3.46. The van der Waals surface area contributed by atoms with Gasteiger partial charge in [-0.25, -0.2) is 0 Å². The molecule has 0 radical (unpaired) electrons. The molecule has 2 heterocycles. The first-order valence-corrected chi connectivity index (χ1v) is 8.20. The van der Waals surface area contributed by atoms with Crippen LogP contribution in [-0.4, -0.2) is 4.57 Å². The number of hydrogen-bond donors (Lipinski definition) is 0. The van der Waals surface area contributed by atoms with Crippen molar-refractivity contribution in [3.8, 4) is 0 Å². The van der Waals surface area contributed by atoms with E-state index >= 15 is 0 Å². The second-order valence-electron chi connectivity index (χ2n) is 6.33. The Morgan fingerprint density at radius 1 is 0.917 bits per heavy atom. The van der Waals surface area contributed by atoms with E-state index in [2.05, 4.69) is 103 Å². The highest BCUT2D eigenvalue weighted by Gasteiger charge is 2.18. The molecule has 4 rings (SSSR count). The van der Waals surface area contributed by atoms with Gasteiger partial charge in [-0.15, -0.1) is 0 Å². The Morgan fingerprint density at radius 3 is 2.50 bits per heavy atom. The van der Waals surface area contributed by atoms with Crippen LogP contribution in [-0.2, 0) is 7.05 Å². The first kappa shape index (κ1) is 14.7. The molecule has 0 saturated carbocycles. The number of fused-ring (bicyclic) bond motifs is 1. The van der Waals surface area contributed by atoms with Crippen molar-refractivity contribution in [1.82, 2.24) is 9.14 Å². The number of rotatable bonds is 1. The van der Waals surface area contributed by atoms with Crippen molar-refractivity contribution in [2.75, 3.05) is 0 Å². The van der Waals surface area contributed by atoms with Crippen LogP contribution in [0.15, 0.2) is 66.9 Å². The van der Waals surface area contributed by atoms with Gasteiger partial charge in [-0.2, -0.15) is 0 Å². The molecule has 0 bridgehead atoms. The van der Waals surface area contributed by atoms with E-state index in [0.717, 1.165) is 11.1 Å². The lowest BCUT2D eigenvalue weighted by atomic mass is 9.98. The SMILES string of the molecule is Cc1ccn(C)c(=[N+]2[C-]=C(c3ccccc3)c3cccc(C)c32)c1. The molecule has 2 nitrogen and oxygen atoms in total. The topological polar surface area (TPSA) is 7.94 Å². The lowest BCUT2D eigenvalue weighted by Gasteiger charge is -2.13. The van der Waals surface area contributed by atoms with E-state index in [1.807, 2.05) is 0 Å². The number of aromatic nitrogens is 1. The highest BCUT2D eigenvalue weighted by atomic mass is 15.1. The van der Waals surface area contributed by atoms with Gasteiger partial charge in [-0.1, -0.05) is 65.2 Å². The second kappa shape index (κ2) is 5.64. The van der Waals surface area contributed by atoms with Gasteiger partial charge >= 0.3 is 0 Å². The van der Waals surface area contributed by atoms with Crippen LogP contribution < -0.4 is 10.1 Å². The highest BCUT2D eigenvalue weighted by molar-refractivity contribution is 5.88. The van der Waals surface area contributed by atoms with Crippen LogP contribution in [0.25, 0.3) is 5.57 Å². The number of para-hydroxylation sites is 1. The molecule has 0 atom stereocenters. The maximum absolute atomic E-state index is 3.63. The Morgan fingerprint density at radius 2 is 1.71 bits per heavy atom. The maximum Gasteiger partial charge on any atom is 0.222 e. The number of benzene rings is 2. The fourth-order valence-corrected chi connectivity index (χ4v) is 3.26. The van der Waals surface area contributed by atoms with E-state index in [0.29, 0.717) is 0 Å². The molecule has 0 fully saturated rings. The molecule has 2 heteroatoms. The lowest BCUT2D eigenvalue weighted by Crippen LogP contribution is -2.29. The van der Waals surface area contributed by atoms with Crippen molar-refractivity contribution in [1.29, 1.82) is 0 Å². The molecule has 2 aromatic carbocycles. The van der Waals surface area contributed by atoms with E-state index < -0.39 is 0 Å². The molecule has 0 unspecified atom stereocenters. The minimum Gasteiger partial charge on any atom is -0.298 e. The zero-order valence-corrected chi connectivity index (χ0v) is 14.2. The van der Waals surface area contributed by atoms with Gasteiger partial charge in [0.25, 0.3) is 0 Å². The fraction of sp³-hybridized carbons (Fsp3) is 0.136. The Hall–Kier alpha value is -2.87. The second-order valence-corrected chi connectivity index (χ2v) is 6.33. The van der Waals surface area contributed by atoms with Crippen molar-refractivity contribution in [3.63, 3.8) is 0 Å². The third kappa shape index (κ3) is 2.31. The van der Waals surface area contributed by atoms with Gasteiger partial charge in [-0.3, -0.25) is 9.14 Å². The van der Waals surface area contributed by atoms with Gasteiger partial charge < -0.3 is 0 Å². The standard InChI is InChI=1S/C22H20N2/c1-16-12-13-23(3)21(14-16)24-15-20(18-9-5-4-6-10-18)19-11-7-8-17(2)22(19)24/h4-14H,1-3H3. The molecule has 0 saturated heterocycles. The van der Waals surface area contributed by atoms with Crippen LogP contribution in [0.3, 0.4) is 0 Å². The quantitative estimate of drug-likeness (QED) is 0.475. The summed E-state index contributed by atoms with van der Waals surface area (Å²) in [6, 6.07) is 21.3. The lowest BCUT2D eigenvalue weighted by molar-refractivity contribution is 0.755. The van der Waals surface area contributed by atoms with Gasteiger partial charge in [0.2, 0.25) is 5.49 Å². The van der Waals surface area contributed by atoms with E-state index in [1.54, 1.807) is 0 Å². The minimum atomic E-state index is 1.12. The van der Waals surface area contributed by atoms with Crippen LogP contribution in [0, 0.1) is 20.0 Å². The van der Waals surface area contributed by atoms with Crippen molar-refractivity contribution in [3.05, 3.63) is 101 Å². The Bertz CT molecular complexity index is 1020. The van der Waals surface area contributed by atoms with Crippen molar-refractivity contribution in [2.45, 2.75) is 13.8 Å². The molecule has 1 aliphatic heterocycles. The van der Waals surface area contributed by atoms with Crippen LogP contribution >= 0.6 is 0 Å². The smallest absolute Gasteiger partial charge is 0.222 e. The summed E-state index contributed by atoms with van der Waals surface area (Å²) < 4.78 is 4.34. The molecular weight excluding hydrogens is 292 g/mol. The molecule has 1 aromatic heterocycles. The van der Waals surface area contributed by atoms with Gasteiger partial charge in [0.05, 0.1) is 19.4 Å². The summed E-state index contributed by atoms with van der Waals surface area (Å²) in [7, 11) is 2.08. The minimum absolute atomic E-state index is 1.12. The third-order valence-electron chi connectivity index (χ3n) is 4.53. The van der Waals surface area contributed by atoms with E-state index in [4.69, 9.17) is 0 Å². The summed E-state index contributed by atoms with van der Waals surface area (Å²) in [5.41, 5.74) is 8.43. The molecule has 0 N–H and O–H groups in total. The van der Waals surface area contributed by atoms with Gasteiger partial charge in [-0.05, 0) is 37.1 Å². The molecule has 1 aliphatic rings. The normalized spacial score (nSPS) is 15.2. The zero-order valence-electron chi connectivity index (χ0n) is 14.2. The molecule has 118 valence electrons. The van der Waals surface area contributed by atoms with E-state index in [9.17, 15) is 0 Å². The number of pyridine rings is 1. The van der Waals surface area contributed by atoms with Crippen molar-refractivity contribution < 1.29 is 0 Å². The highest BCUT2D eigenvalue weighted by Crippen LogP contribution is 2.37. The van der Waals surface area contributed by atoms with E-state index in [1.165, 1.54) is 27.9 Å². The third-order valence-corrected chi connectivity index (χ3v) is 4.53. The summed E-state index contributed by atoms with van der Waals surface area (Å²) in [5, 5.41) is 0. The van der Waals surface area contributed by atoms with Crippen LogP contribution in [0.5, 0.6) is 0 Å². The largest absolute Gasteiger partial charge is 0.298 e. The number of hydrogen-bond acceptors (Lipinski definition) is 0. The van der Waals surface area contributed by atoms with Crippen LogP contribution in [0.2, 0.25) is 0 Å². The first-order chi connectivity index (χ1) is 11.6. The molecule has 24 heavy (non-hydrogen) atoms. The van der Waals surface area contributed by atoms with Gasteiger partial charge in [0.1, 0.15) is 0 Å². The summed E-state index contributed by atoms with van der Waals surface area (Å²) in [6.45, 7) is 4.29. The summed E-state index contributed by atoms with van der Waals surface area (Å²) in [5.74, 6) is 0. The zero-order chi connectivity index (χ0) is 16.7. The molecule has 0 amide bonds.